The maximum Gasteiger partial charge on any atom is 0.323 e. The van der Waals surface area contributed by atoms with Gasteiger partial charge in [0.1, 0.15) is 6.04 Å². The highest BCUT2D eigenvalue weighted by Gasteiger charge is 2.62. The molecule has 0 bridgehead atoms. The Labute approximate surface area is 208 Å². The summed E-state index contributed by atoms with van der Waals surface area (Å²) in [5, 5.41) is -0.116. The van der Waals surface area contributed by atoms with Gasteiger partial charge in [-0.25, -0.2) is 9.89 Å². The molecule has 8 heteroatoms. The van der Waals surface area contributed by atoms with Gasteiger partial charge >= 0.3 is 5.97 Å². The summed E-state index contributed by atoms with van der Waals surface area (Å²) in [6.45, 7) is 22.3. The van der Waals surface area contributed by atoms with Crippen LogP contribution < -0.4 is 0 Å². The summed E-state index contributed by atoms with van der Waals surface area (Å²) < 4.78 is 19.8. The number of para-hydroxylation sites is 1. The number of aliphatic imine (C=N–C) groups is 1. The summed E-state index contributed by atoms with van der Waals surface area (Å²) in [7, 11) is -1.38. The molecule has 1 fully saturated rings. The van der Waals surface area contributed by atoms with Gasteiger partial charge in [-0.15, -0.1) is 0 Å². The van der Waals surface area contributed by atoms with E-state index in [9.17, 15) is 4.79 Å². The van der Waals surface area contributed by atoms with Crippen LogP contribution in [0.1, 0.15) is 59.4 Å². The maximum absolute atomic E-state index is 13.1. The Morgan fingerprint density at radius 2 is 1.50 bits per heavy atom. The first-order valence-corrected chi connectivity index (χ1v) is 18.1. The van der Waals surface area contributed by atoms with Crippen LogP contribution in [0.2, 0.25) is 36.3 Å². The summed E-state index contributed by atoms with van der Waals surface area (Å²) in [5.41, 5.74) is 2.93. The van der Waals surface area contributed by atoms with Crippen molar-refractivity contribution >= 4 is 34.0 Å². The minimum absolute atomic E-state index is 0.0582. The quantitative estimate of drug-likeness (QED) is 0.263. The highest BCUT2D eigenvalue weighted by Crippen LogP contribution is 2.53. The van der Waals surface area contributed by atoms with Gasteiger partial charge < -0.3 is 13.6 Å². The lowest BCUT2D eigenvalue weighted by Crippen LogP contribution is -2.72. The number of ether oxygens (including phenoxy) is 1. The predicted molar refractivity (Wildman–Crippen MR) is 144 cm³/mol. The summed E-state index contributed by atoms with van der Waals surface area (Å²) >= 11 is 0. The van der Waals surface area contributed by atoms with Gasteiger partial charge in [0.25, 0.3) is 5.91 Å². The minimum atomic E-state index is -2.38. The Kier molecular flexibility index (Phi) is 6.94. The number of carbonyl (C=O) groups excluding carboxylic acids is 1. The first kappa shape index (κ1) is 27.3. The van der Waals surface area contributed by atoms with Crippen molar-refractivity contribution in [2.45, 2.75) is 102 Å². The van der Waals surface area contributed by atoms with Gasteiger partial charge in [-0.2, -0.15) is 0 Å². The first-order chi connectivity index (χ1) is 15.4. The lowest BCUT2D eigenvalue weighted by atomic mass is 9.83. The normalized spacial score (nSPS) is 23.2. The van der Waals surface area contributed by atoms with Gasteiger partial charge in [-0.05, 0) is 61.4 Å². The van der Waals surface area contributed by atoms with Crippen LogP contribution in [0.4, 0.5) is 5.69 Å². The van der Waals surface area contributed by atoms with Crippen LogP contribution in [-0.4, -0.2) is 59.3 Å². The molecule has 2 aliphatic heterocycles. The highest BCUT2D eigenvalue weighted by molar-refractivity contribution is 6.75. The standard InChI is InChI=1S/C26H44N2O4Si2/c1-24(2,3)33(9,10)31-26(32-34(11,12)25(4,5)6)22-19(17-21(28(26)7)23(29)30-8)18-15-13-14-16-20(18)27-22/h13-16,19,21H,17H2,1-12H3/t19?,21-/m0/s1. The molecule has 2 atom stereocenters. The molecular weight excluding hydrogens is 460 g/mol. The Hall–Kier alpha value is -1.33. The average Bonchev–Trinajstić information content (AvgIpc) is 3.07. The van der Waals surface area contributed by atoms with Crippen LogP contribution in [0.5, 0.6) is 0 Å². The Morgan fingerprint density at radius 3 is 1.97 bits per heavy atom. The molecule has 6 nitrogen and oxygen atoms in total. The number of carbonyl (C=O) groups is 1. The van der Waals surface area contributed by atoms with E-state index >= 15 is 0 Å². The fourth-order valence-electron chi connectivity index (χ4n) is 4.19. The molecule has 1 aromatic carbocycles. The molecule has 0 spiro atoms. The molecule has 0 amide bonds. The van der Waals surface area contributed by atoms with E-state index in [0.717, 1.165) is 17.0 Å². The zero-order valence-electron chi connectivity index (χ0n) is 23.2. The van der Waals surface area contributed by atoms with Crippen molar-refractivity contribution in [3.05, 3.63) is 29.8 Å². The fourth-order valence-corrected chi connectivity index (χ4v) is 6.85. The van der Waals surface area contributed by atoms with Crippen LogP contribution >= 0.6 is 0 Å². The molecule has 2 heterocycles. The number of hydrogen-bond acceptors (Lipinski definition) is 6. The number of rotatable bonds is 5. The van der Waals surface area contributed by atoms with Gasteiger partial charge in [-0.3, -0.25) is 4.79 Å². The van der Waals surface area contributed by atoms with Crippen LogP contribution in [0.3, 0.4) is 0 Å². The van der Waals surface area contributed by atoms with Crippen molar-refractivity contribution in [2.75, 3.05) is 14.2 Å². The van der Waals surface area contributed by atoms with Crippen molar-refractivity contribution in [1.29, 1.82) is 0 Å². The third-order valence-corrected chi connectivity index (χ3v) is 17.3. The van der Waals surface area contributed by atoms with Gasteiger partial charge in [0.15, 0.2) is 16.6 Å². The summed E-state index contributed by atoms with van der Waals surface area (Å²) in [6.07, 6.45) is 0.586. The first-order valence-electron chi connectivity index (χ1n) is 12.3. The third-order valence-electron chi connectivity index (χ3n) is 8.47. The largest absolute Gasteiger partial charge is 0.468 e. The Bertz CT molecular complexity index is 948. The molecule has 1 unspecified atom stereocenters. The second-order valence-electron chi connectivity index (χ2n) is 12.8. The van der Waals surface area contributed by atoms with E-state index in [0.29, 0.717) is 6.42 Å². The third kappa shape index (κ3) is 4.48. The molecule has 2 aliphatic rings. The lowest BCUT2D eigenvalue weighted by molar-refractivity contribution is -0.208. The molecule has 0 radical (unpaired) electrons. The number of likely N-dealkylation sites (tertiary alicyclic amines) is 1. The minimum Gasteiger partial charge on any atom is -0.468 e. The van der Waals surface area contributed by atoms with E-state index in [2.05, 4.69) is 73.8 Å². The second-order valence-corrected chi connectivity index (χ2v) is 22.3. The number of nitrogens with zero attached hydrogens (tertiary/aromatic N) is 2. The van der Waals surface area contributed by atoms with E-state index in [4.69, 9.17) is 18.6 Å². The summed E-state index contributed by atoms with van der Waals surface area (Å²) in [5.74, 6) is -1.58. The van der Waals surface area contributed by atoms with Gasteiger partial charge in [0, 0.05) is 5.92 Å². The Morgan fingerprint density at radius 1 is 1.00 bits per heavy atom. The SMILES string of the molecule is COC(=O)[C@@H]1CC2C(=Nc3ccccc32)C(O[Si](C)(C)C(C)(C)C)(O[Si](C)(C)C(C)(C)C)N1C. The average molecular weight is 505 g/mol. The monoisotopic (exact) mass is 504 g/mol. The molecule has 1 aromatic rings. The van der Waals surface area contributed by atoms with Gasteiger partial charge in [0.2, 0.25) is 0 Å². The molecule has 1 saturated heterocycles. The van der Waals surface area contributed by atoms with E-state index in [1.807, 2.05) is 30.1 Å². The second kappa shape index (κ2) is 8.66. The van der Waals surface area contributed by atoms with E-state index in [1.165, 1.54) is 7.11 Å². The maximum atomic E-state index is 13.1. The predicted octanol–water partition coefficient (Wildman–Crippen LogP) is 6.43. The summed E-state index contributed by atoms with van der Waals surface area (Å²) in [6, 6.07) is 7.69. The molecule has 0 saturated carbocycles. The number of methoxy groups -OCH3 is 1. The molecular formula is C26H44N2O4Si2. The molecule has 34 heavy (non-hydrogen) atoms. The molecule has 0 N–H and O–H groups in total. The molecule has 0 aromatic heterocycles. The topological polar surface area (TPSA) is 60.4 Å². The fraction of sp³-hybridized carbons (Fsp3) is 0.692. The molecule has 0 aliphatic carbocycles. The van der Waals surface area contributed by atoms with Crippen molar-refractivity contribution in [2.24, 2.45) is 4.99 Å². The number of fused-ring (bicyclic) bond motifs is 3. The van der Waals surface area contributed by atoms with Crippen molar-refractivity contribution < 1.29 is 18.4 Å². The van der Waals surface area contributed by atoms with Crippen LogP contribution in [0, 0.1) is 0 Å². The number of piperidine rings is 1. The zero-order chi connectivity index (χ0) is 25.9. The van der Waals surface area contributed by atoms with Crippen LogP contribution in [-0.2, 0) is 18.4 Å². The zero-order valence-corrected chi connectivity index (χ0v) is 25.2. The van der Waals surface area contributed by atoms with Crippen molar-refractivity contribution in [3.8, 4) is 0 Å². The van der Waals surface area contributed by atoms with Gasteiger partial charge in [-0.1, -0.05) is 59.7 Å². The van der Waals surface area contributed by atoms with E-state index in [1.54, 1.807) is 0 Å². The van der Waals surface area contributed by atoms with E-state index < -0.39 is 28.6 Å². The highest BCUT2D eigenvalue weighted by atomic mass is 28.4. The van der Waals surface area contributed by atoms with Crippen LogP contribution in [0.25, 0.3) is 0 Å². The molecule has 190 valence electrons. The number of hydrogen-bond donors (Lipinski definition) is 0. The smallest absolute Gasteiger partial charge is 0.323 e. The van der Waals surface area contributed by atoms with Crippen LogP contribution in [0.15, 0.2) is 29.3 Å². The number of likely N-dealkylation sites (N-methyl/N-ethyl adjacent to an activating group) is 1. The lowest BCUT2D eigenvalue weighted by Gasteiger charge is -2.57. The van der Waals surface area contributed by atoms with Gasteiger partial charge in [0.05, 0.1) is 18.5 Å². The number of benzene rings is 1. The summed E-state index contributed by atoms with van der Waals surface area (Å²) in [4.78, 5) is 20.2. The Balaban J connectivity index is 2.30. The molecule has 3 rings (SSSR count). The van der Waals surface area contributed by atoms with E-state index in [-0.39, 0.29) is 22.0 Å². The van der Waals surface area contributed by atoms with Crippen molar-refractivity contribution in [3.63, 3.8) is 0 Å². The van der Waals surface area contributed by atoms with Crippen molar-refractivity contribution in [1.82, 2.24) is 4.90 Å². The number of esters is 1.